The number of hydrogen-bond acceptors (Lipinski definition) is 4. The third-order valence-electron chi connectivity index (χ3n) is 2.63. The molecule has 0 fully saturated rings. The van der Waals surface area contributed by atoms with Crippen LogP contribution in [0, 0.1) is 6.92 Å². The van der Waals surface area contributed by atoms with Gasteiger partial charge in [0.25, 0.3) is 10.0 Å². The molecular weight excluding hydrogens is 428 g/mol. The fourth-order valence-electron chi connectivity index (χ4n) is 1.62. The quantitative estimate of drug-likeness (QED) is 0.759. The SMILES string of the molecule is Cc1cc(Br)ccc1NS(=O)(=O)c1cc(CN)sc1Br. The first-order valence-electron chi connectivity index (χ1n) is 5.60. The second-order valence-corrected chi connectivity index (χ2v) is 9.14. The number of anilines is 1. The molecule has 0 radical (unpaired) electrons. The lowest BCUT2D eigenvalue weighted by Crippen LogP contribution is -2.13. The molecule has 0 aliphatic heterocycles. The molecule has 1 heterocycles. The summed E-state index contributed by atoms with van der Waals surface area (Å²) >= 11 is 7.95. The highest BCUT2D eigenvalue weighted by atomic mass is 79.9. The molecule has 8 heteroatoms. The maximum absolute atomic E-state index is 12.4. The zero-order valence-electron chi connectivity index (χ0n) is 10.5. The second kappa shape index (κ2) is 6.15. The Bertz CT molecular complexity index is 742. The Balaban J connectivity index is 2.38. The van der Waals surface area contributed by atoms with Crippen LogP contribution in [-0.4, -0.2) is 8.42 Å². The molecule has 4 nitrogen and oxygen atoms in total. The van der Waals surface area contributed by atoms with E-state index in [2.05, 4.69) is 36.6 Å². The van der Waals surface area contributed by atoms with Crippen LogP contribution in [0.2, 0.25) is 0 Å². The molecule has 20 heavy (non-hydrogen) atoms. The van der Waals surface area contributed by atoms with Gasteiger partial charge in [0.15, 0.2) is 0 Å². The Morgan fingerprint density at radius 3 is 2.55 bits per heavy atom. The van der Waals surface area contributed by atoms with Crippen LogP contribution in [0.3, 0.4) is 0 Å². The number of rotatable bonds is 4. The van der Waals surface area contributed by atoms with Crippen LogP contribution in [0.4, 0.5) is 5.69 Å². The van der Waals surface area contributed by atoms with E-state index in [1.807, 2.05) is 13.0 Å². The van der Waals surface area contributed by atoms with E-state index >= 15 is 0 Å². The van der Waals surface area contributed by atoms with Gasteiger partial charge < -0.3 is 5.73 Å². The van der Waals surface area contributed by atoms with Crippen LogP contribution < -0.4 is 10.5 Å². The van der Waals surface area contributed by atoms with Gasteiger partial charge in [0.05, 0.1) is 9.47 Å². The van der Waals surface area contributed by atoms with Crippen molar-refractivity contribution in [2.75, 3.05) is 4.72 Å². The van der Waals surface area contributed by atoms with E-state index in [4.69, 9.17) is 5.73 Å². The molecule has 108 valence electrons. The van der Waals surface area contributed by atoms with E-state index in [1.54, 1.807) is 18.2 Å². The van der Waals surface area contributed by atoms with Gasteiger partial charge >= 0.3 is 0 Å². The van der Waals surface area contributed by atoms with Gasteiger partial charge in [-0.1, -0.05) is 15.9 Å². The van der Waals surface area contributed by atoms with Crippen LogP contribution in [0.1, 0.15) is 10.4 Å². The topological polar surface area (TPSA) is 72.2 Å². The number of halogens is 2. The molecule has 0 unspecified atom stereocenters. The van der Waals surface area contributed by atoms with E-state index in [9.17, 15) is 8.42 Å². The predicted octanol–water partition coefficient (Wildman–Crippen LogP) is 3.84. The lowest BCUT2D eigenvalue weighted by molar-refractivity contribution is 0.601. The maximum Gasteiger partial charge on any atom is 0.263 e. The summed E-state index contributed by atoms with van der Waals surface area (Å²) < 4.78 is 28.9. The summed E-state index contributed by atoms with van der Waals surface area (Å²) in [6.45, 7) is 2.16. The van der Waals surface area contributed by atoms with E-state index in [-0.39, 0.29) is 4.90 Å². The summed E-state index contributed by atoms with van der Waals surface area (Å²) in [7, 11) is -3.63. The monoisotopic (exact) mass is 438 g/mol. The Labute approximate surface area is 138 Å². The Hall–Kier alpha value is -0.410. The molecule has 0 atom stereocenters. The van der Waals surface area contributed by atoms with Gasteiger partial charge in [0.2, 0.25) is 0 Å². The molecule has 0 saturated heterocycles. The van der Waals surface area contributed by atoms with Crippen LogP contribution in [0.25, 0.3) is 0 Å². The first-order chi connectivity index (χ1) is 9.33. The summed E-state index contributed by atoms with van der Waals surface area (Å²) in [6.07, 6.45) is 0. The van der Waals surface area contributed by atoms with Crippen molar-refractivity contribution in [1.82, 2.24) is 0 Å². The maximum atomic E-state index is 12.4. The second-order valence-electron chi connectivity index (χ2n) is 4.12. The van der Waals surface area contributed by atoms with Crippen molar-refractivity contribution in [1.29, 1.82) is 0 Å². The minimum Gasteiger partial charge on any atom is -0.326 e. The fraction of sp³-hybridized carbons (Fsp3) is 0.167. The number of hydrogen-bond donors (Lipinski definition) is 2. The van der Waals surface area contributed by atoms with Gasteiger partial charge in [0, 0.05) is 15.9 Å². The minimum absolute atomic E-state index is 0.213. The molecule has 0 bridgehead atoms. The van der Waals surface area contributed by atoms with Gasteiger partial charge in [-0.25, -0.2) is 8.42 Å². The van der Waals surface area contributed by atoms with E-state index in [1.165, 1.54) is 11.3 Å². The molecule has 2 aromatic rings. The van der Waals surface area contributed by atoms with Gasteiger partial charge in [-0.15, -0.1) is 11.3 Å². The van der Waals surface area contributed by atoms with Crippen LogP contribution in [0.15, 0.2) is 37.4 Å². The zero-order valence-corrected chi connectivity index (χ0v) is 15.3. The van der Waals surface area contributed by atoms with Crippen molar-refractivity contribution in [3.63, 3.8) is 0 Å². The fourth-order valence-corrected chi connectivity index (χ4v) is 5.79. The smallest absolute Gasteiger partial charge is 0.263 e. The van der Waals surface area contributed by atoms with Crippen molar-refractivity contribution >= 4 is 58.9 Å². The average Bonchev–Trinajstić information content (AvgIpc) is 2.75. The average molecular weight is 440 g/mol. The number of sulfonamides is 1. The van der Waals surface area contributed by atoms with E-state index < -0.39 is 10.0 Å². The molecule has 0 aliphatic rings. The highest BCUT2D eigenvalue weighted by molar-refractivity contribution is 9.11. The molecular formula is C12H12Br2N2O2S2. The summed E-state index contributed by atoms with van der Waals surface area (Å²) in [5.41, 5.74) is 6.93. The largest absolute Gasteiger partial charge is 0.326 e. The van der Waals surface area contributed by atoms with Gasteiger partial charge in [0.1, 0.15) is 4.90 Å². The molecule has 0 spiro atoms. The molecule has 0 amide bonds. The number of thiophene rings is 1. The third kappa shape index (κ3) is 3.43. The normalized spacial score (nSPS) is 11.6. The van der Waals surface area contributed by atoms with Crippen molar-refractivity contribution in [2.45, 2.75) is 18.4 Å². The van der Waals surface area contributed by atoms with Crippen LogP contribution in [0.5, 0.6) is 0 Å². The molecule has 1 aromatic heterocycles. The summed E-state index contributed by atoms with van der Waals surface area (Å²) in [5, 5.41) is 0. The van der Waals surface area contributed by atoms with Gasteiger partial charge in [-0.2, -0.15) is 0 Å². The highest BCUT2D eigenvalue weighted by Gasteiger charge is 2.21. The predicted molar refractivity (Wildman–Crippen MR) is 89.6 cm³/mol. The Kier molecular flexibility index (Phi) is 4.91. The van der Waals surface area contributed by atoms with Crippen molar-refractivity contribution in [3.8, 4) is 0 Å². The van der Waals surface area contributed by atoms with Crippen molar-refractivity contribution < 1.29 is 8.42 Å². The molecule has 0 aliphatic carbocycles. The lowest BCUT2D eigenvalue weighted by Gasteiger charge is -2.10. The first-order valence-corrected chi connectivity index (χ1v) is 9.49. The van der Waals surface area contributed by atoms with Crippen molar-refractivity contribution in [3.05, 3.63) is 43.0 Å². The third-order valence-corrected chi connectivity index (χ3v) is 6.76. The molecule has 2 rings (SSSR count). The van der Waals surface area contributed by atoms with Crippen LogP contribution >= 0.6 is 43.2 Å². The number of benzene rings is 1. The van der Waals surface area contributed by atoms with Crippen LogP contribution in [-0.2, 0) is 16.6 Å². The van der Waals surface area contributed by atoms with Crippen molar-refractivity contribution in [2.24, 2.45) is 5.73 Å². The van der Waals surface area contributed by atoms with Gasteiger partial charge in [-0.3, -0.25) is 4.72 Å². The summed E-state index contributed by atoms with van der Waals surface area (Å²) in [5.74, 6) is 0. The molecule has 0 saturated carbocycles. The standard InChI is InChI=1S/C12H12Br2N2O2S2/c1-7-4-8(13)2-3-10(7)16-20(17,18)11-5-9(6-15)19-12(11)14/h2-5,16H,6,15H2,1H3. The number of nitrogens with two attached hydrogens (primary N) is 1. The first kappa shape index (κ1) is 16.0. The Morgan fingerprint density at radius 1 is 1.30 bits per heavy atom. The highest BCUT2D eigenvalue weighted by Crippen LogP contribution is 2.33. The summed E-state index contributed by atoms with van der Waals surface area (Å²) in [4.78, 5) is 1.02. The van der Waals surface area contributed by atoms with E-state index in [0.29, 0.717) is 16.0 Å². The Morgan fingerprint density at radius 2 is 2.00 bits per heavy atom. The number of nitrogens with one attached hydrogen (secondary N) is 1. The zero-order chi connectivity index (χ0) is 14.9. The number of aryl methyl sites for hydroxylation is 1. The lowest BCUT2D eigenvalue weighted by atomic mass is 10.2. The summed E-state index contributed by atoms with van der Waals surface area (Å²) in [6, 6.07) is 6.96. The molecule has 3 N–H and O–H groups in total. The van der Waals surface area contributed by atoms with E-state index in [0.717, 1.165) is 14.9 Å². The molecule has 1 aromatic carbocycles. The minimum atomic E-state index is -3.63. The van der Waals surface area contributed by atoms with Gasteiger partial charge in [-0.05, 0) is 52.7 Å².